The van der Waals surface area contributed by atoms with Gasteiger partial charge in [0.2, 0.25) is 5.88 Å². The molecule has 0 saturated heterocycles. The van der Waals surface area contributed by atoms with E-state index in [1.807, 2.05) is 84.9 Å². The minimum Gasteiger partial charge on any atom is -0.497 e. The van der Waals surface area contributed by atoms with Crippen LogP contribution in [0.3, 0.4) is 0 Å². The molecule has 0 amide bonds. The number of hydrogen-bond acceptors (Lipinski definition) is 4. The van der Waals surface area contributed by atoms with E-state index in [4.69, 9.17) is 9.15 Å². The Morgan fingerprint density at radius 1 is 0.743 bits per heavy atom. The standard InChI is InChI=1S/C31H22N2O2/c1-34-27-14-8-9-22(19-27)21-33-31-28(20-32)29(25-12-6-3-7-13-25)30(35-31)26-17-15-24(16-18-26)23-10-4-2-5-11-23/h2-19,21H,1H3. The van der Waals surface area contributed by atoms with Gasteiger partial charge in [0.25, 0.3) is 0 Å². The van der Waals surface area contributed by atoms with Crippen molar-refractivity contribution in [3.05, 3.63) is 120 Å². The van der Waals surface area contributed by atoms with Gasteiger partial charge in [-0.1, -0.05) is 97.1 Å². The number of benzene rings is 4. The zero-order valence-corrected chi connectivity index (χ0v) is 19.2. The van der Waals surface area contributed by atoms with Crippen molar-refractivity contribution in [3.63, 3.8) is 0 Å². The summed E-state index contributed by atoms with van der Waals surface area (Å²) in [6.07, 6.45) is 1.68. The van der Waals surface area contributed by atoms with Gasteiger partial charge in [0.15, 0.2) is 0 Å². The first-order valence-corrected chi connectivity index (χ1v) is 11.2. The fraction of sp³-hybridized carbons (Fsp3) is 0.0323. The Morgan fingerprint density at radius 2 is 1.37 bits per heavy atom. The van der Waals surface area contributed by atoms with E-state index in [2.05, 4.69) is 35.3 Å². The van der Waals surface area contributed by atoms with Crippen LogP contribution in [0.2, 0.25) is 0 Å². The second-order valence-electron chi connectivity index (χ2n) is 7.94. The van der Waals surface area contributed by atoms with E-state index in [1.54, 1.807) is 13.3 Å². The van der Waals surface area contributed by atoms with Crippen molar-refractivity contribution in [2.75, 3.05) is 7.11 Å². The zero-order valence-electron chi connectivity index (χ0n) is 19.2. The molecule has 0 aliphatic heterocycles. The van der Waals surface area contributed by atoms with Crippen molar-refractivity contribution in [3.8, 4) is 45.4 Å². The van der Waals surface area contributed by atoms with Crippen molar-refractivity contribution in [1.82, 2.24) is 0 Å². The topological polar surface area (TPSA) is 58.5 Å². The highest BCUT2D eigenvalue weighted by Crippen LogP contribution is 2.42. The summed E-state index contributed by atoms with van der Waals surface area (Å²) < 4.78 is 11.5. The molecule has 1 aromatic heterocycles. The fourth-order valence-electron chi connectivity index (χ4n) is 4.00. The Morgan fingerprint density at radius 3 is 2.03 bits per heavy atom. The van der Waals surface area contributed by atoms with E-state index in [-0.39, 0.29) is 5.88 Å². The summed E-state index contributed by atoms with van der Waals surface area (Å²) in [6, 6.07) is 38.0. The maximum absolute atomic E-state index is 10.1. The van der Waals surface area contributed by atoms with Gasteiger partial charge in [-0.05, 0) is 34.4 Å². The zero-order chi connectivity index (χ0) is 24.0. The molecule has 1 heterocycles. The van der Waals surface area contributed by atoms with Gasteiger partial charge in [-0.2, -0.15) is 5.26 Å². The van der Waals surface area contributed by atoms with Gasteiger partial charge in [-0.25, -0.2) is 4.99 Å². The average Bonchev–Trinajstić information content (AvgIpc) is 3.31. The van der Waals surface area contributed by atoms with Crippen LogP contribution >= 0.6 is 0 Å². The highest BCUT2D eigenvalue weighted by atomic mass is 16.5. The van der Waals surface area contributed by atoms with Crippen LogP contribution in [0.15, 0.2) is 119 Å². The number of methoxy groups -OCH3 is 1. The van der Waals surface area contributed by atoms with Crippen molar-refractivity contribution in [2.24, 2.45) is 4.99 Å². The van der Waals surface area contributed by atoms with Crippen molar-refractivity contribution in [2.45, 2.75) is 0 Å². The second-order valence-corrected chi connectivity index (χ2v) is 7.94. The number of nitrogens with zero attached hydrogens (tertiary/aromatic N) is 2. The van der Waals surface area contributed by atoms with Crippen LogP contribution in [0.5, 0.6) is 5.75 Å². The maximum Gasteiger partial charge on any atom is 0.238 e. The first kappa shape index (κ1) is 21.9. The number of hydrogen-bond donors (Lipinski definition) is 0. The van der Waals surface area contributed by atoms with Crippen LogP contribution in [-0.4, -0.2) is 13.3 Å². The number of furan rings is 1. The molecule has 0 saturated carbocycles. The third-order valence-corrected chi connectivity index (χ3v) is 5.74. The van der Waals surface area contributed by atoms with Gasteiger partial charge in [-0.15, -0.1) is 0 Å². The Labute approximate surface area is 204 Å². The van der Waals surface area contributed by atoms with Gasteiger partial charge in [0.05, 0.1) is 7.11 Å². The number of ether oxygens (including phenoxy) is 1. The minimum atomic E-state index is 0.274. The third kappa shape index (κ3) is 4.62. The molecular weight excluding hydrogens is 432 g/mol. The lowest BCUT2D eigenvalue weighted by atomic mass is 9.97. The Balaban J connectivity index is 1.61. The lowest BCUT2D eigenvalue weighted by molar-refractivity contribution is 0.415. The van der Waals surface area contributed by atoms with Gasteiger partial charge >= 0.3 is 0 Å². The summed E-state index contributed by atoms with van der Waals surface area (Å²) >= 11 is 0. The second kappa shape index (κ2) is 9.94. The van der Waals surface area contributed by atoms with Crippen molar-refractivity contribution >= 4 is 12.1 Å². The lowest BCUT2D eigenvalue weighted by Crippen LogP contribution is -1.85. The number of aliphatic imine (C=N–C) groups is 1. The summed E-state index contributed by atoms with van der Waals surface area (Å²) in [6.45, 7) is 0. The molecule has 0 aliphatic rings. The fourth-order valence-corrected chi connectivity index (χ4v) is 4.00. The van der Waals surface area contributed by atoms with Crippen LogP contribution < -0.4 is 4.74 Å². The molecule has 0 unspecified atom stereocenters. The summed E-state index contributed by atoms with van der Waals surface area (Å²) in [5, 5.41) is 10.1. The number of nitriles is 1. The Hall–Kier alpha value is -4.88. The lowest BCUT2D eigenvalue weighted by Gasteiger charge is -2.06. The molecule has 5 rings (SSSR count). The molecule has 0 atom stereocenters. The van der Waals surface area contributed by atoms with Gasteiger partial charge in [-0.3, -0.25) is 0 Å². The molecule has 35 heavy (non-hydrogen) atoms. The van der Waals surface area contributed by atoms with Crippen molar-refractivity contribution in [1.29, 1.82) is 5.26 Å². The van der Waals surface area contributed by atoms with Gasteiger partial charge < -0.3 is 9.15 Å². The molecular formula is C31H22N2O2. The largest absolute Gasteiger partial charge is 0.497 e. The summed E-state index contributed by atoms with van der Waals surface area (Å²) in [5.74, 6) is 1.62. The molecule has 4 aromatic carbocycles. The van der Waals surface area contributed by atoms with E-state index >= 15 is 0 Å². The minimum absolute atomic E-state index is 0.274. The maximum atomic E-state index is 10.1. The average molecular weight is 455 g/mol. The molecule has 0 fully saturated rings. The Kier molecular flexibility index (Phi) is 6.23. The molecule has 168 valence electrons. The third-order valence-electron chi connectivity index (χ3n) is 5.74. The van der Waals surface area contributed by atoms with Crippen LogP contribution in [0.4, 0.5) is 5.88 Å². The molecule has 4 nitrogen and oxygen atoms in total. The normalized spacial score (nSPS) is 10.9. The molecule has 0 bridgehead atoms. The van der Waals surface area contributed by atoms with Gasteiger partial charge in [0.1, 0.15) is 23.1 Å². The predicted molar refractivity (Wildman–Crippen MR) is 140 cm³/mol. The van der Waals surface area contributed by atoms with E-state index in [0.717, 1.165) is 39.1 Å². The highest BCUT2D eigenvalue weighted by molar-refractivity contribution is 5.90. The summed E-state index contributed by atoms with van der Waals surface area (Å²) in [4.78, 5) is 4.55. The predicted octanol–water partition coefficient (Wildman–Crippen LogP) is 7.91. The van der Waals surface area contributed by atoms with Crippen LogP contribution in [0.1, 0.15) is 11.1 Å². The quantitative estimate of drug-likeness (QED) is 0.245. The number of rotatable bonds is 6. The highest BCUT2D eigenvalue weighted by Gasteiger charge is 2.22. The molecule has 0 spiro atoms. The van der Waals surface area contributed by atoms with E-state index < -0.39 is 0 Å². The summed E-state index contributed by atoms with van der Waals surface area (Å²) in [7, 11) is 1.62. The van der Waals surface area contributed by atoms with Crippen LogP contribution in [-0.2, 0) is 0 Å². The molecule has 0 N–H and O–H groups in total. The molecule has 0 aliphatic carbocycles. The molecule has 0 radical (unpaired) electrons. The first-order valence-electron chi connectivity index (χ1n) is 11.2. The van der Waals surface area contributed by atoms with Crippen LogP contribution in [0, 0.1) is 11.3 Å². The Bertz CT molecular complexity index is 1510. The monoisotopic (exact) mass is 454 g/mol. The smallest absolute Gasteiger partial charge is 0.238 e. The van der Waals surface area contributed by atoms with E-state index in [0.29, 0.717) is 11.3 Å². The molecule has 4 heteroatoms. The van der Waals surface area contributed by atoms with E-state index in [9.17, 15) is 5.26 Å². The molecule has 5 aromatic rings. The van der Waals surface area contributed by atoms with Gasteiger partial charge in [0, 0.05) is 17.3 Å². The van der Waals surface area contributed by atoms with Crippen LogP contribution in [0.25, 0.3) is 33.6 Å². The first-order chi connectivity index (χ1) is 17.3. The summed E-state index contributed by atoms with van der Waals surface area (Å²) in [5.41, 5.74) is 6.01. The SMILES string of the molecule is COc1cccc(C=Nc2oc(-c3ccc(-c4ccccc4)cc3)c(-c3ccccc3)c2C#N)c1. The van der Waals surface area contributed by atoms with Crippen molar-refractivity contribution < 1.29 is 9.15 Å². The van der Waals surface area contributed by atoms with E-state index in [1.165, 1.54) is 0 Å².